The van der Waals surface area contributed by atoms with Gasteiger partial charge in [-0.25, -0.2) is 4.98 Å². The van der Waals surface area contributed by atoms with Crippen LogP contribution in [0.15, 0.2) is 60.9 Å². The van der Waals surface area contributed by atoms with Crippen LogP contribution in [0.3, 0.4) is 0 Å². The fraction of sp³-hybridized carbons (Fsp3) is 0.350. The lowest BCUT2D eigenvalue weighted by Gasteiger charge is -2.32. The van der Waals surface area contributed by atoms with E-state index >= 15 is 0 Å². The third-order valence-corrected chi connectivity index (χ3v) is 4.99. The topological polar surface area (TPSA) is 29.8 Å². The fourth-order valence-corrected chi connectivity index (χ4v) is 3.79. The largest absolute Gasteiger partial charge is 0.380 e. The zero-order chi connectivity index (χ0) is 16.4. The van der Waals surface area contributed by atoms with Crippen LogP contribution in [0.2, 0.25) is 0 Å². The van der Waals surface area contributed by atoms with E-state index in [0.29, 0.717) is 0 Å². The van der Waals surface area contributed by atoms with E-state index in [1.165, 1.54) is 11.3 Å². The van der Waals surface area contributed by atoms with Crippen LogP contribution in [0.25, 0.3) is 5.65 Å². The Bertz CT molecular complexity index is 806. The average molecular weight is 321 g/mol. The quantitative estimate of drug-likeness (QED) is 0.723. The molecule has 3 aromatic rings. The highest BCUT2D eigenvalue weighted by atomic mass is 16.5. The van der Waals surface area contributed by atoms with Gasteiger partial charge < -0.3 is 9.14 Å². The van der Waals surface area contributed by atoms with E-state index in [0.717, 1.165) is 38.4 Å². The molecule has 2 aromatic heterocycles. The Morgan fingerprint density at radius 1 is 1.17 bits per heavy atom. The van der Waals surface area contributed by atoms with Crippen LogP contribution < -0.4 is 0 Å². The van der Waals surface area contributed by atoms with Crippen molar-refractivity contribution in [3.63, 3.8) is 0 Å². The first-order valence-electron chi connectivity index (χ1n) is 8.50. The van der Waals surface area contributed by atoms with Gasteiger partial charge in [-0.2, -0.15) is 0 Å². The van der Waals surface area contributed by atoms with Crippen LogP contribution in [0, 0.1) is 0 Å². The Hall–Kier alpha value is -2.17. The van der Waals surface area contributed by atoms with E-state index in [9.17, 15) is 0 Å². The van der Waals surface area contributed by atoms with Crippen molar-refractivity contribution in [1.29, 1.82) is 0 Å². The van der Waals surface area contributed by atoms with Gasteiger partial charge >= 0.3 is 0 Å². The number of benzene rings is 1. The van der Waals surface area contributed by atoms with Gasteiger partial charge in [0.25, 0.3) is 0 Å². The number of imidazole rings is 1. The lowest BCUT2D eigenvalue weighted by molar-refractivity contribution is 0.157. The Balaban J connectivity index is 1.55. The smallest absolute Gasteiger partial charge is 0.136 e. The second-order valence-corrected chi connectivity index (χ2v) is 6.80. The normalized spacial score (nSPS) is 20.9. The molecule has 0 radical (unpaired) electrons. The summed E-state index contributed by atoms with van der Waals surface area (Å²) in [5, 5.41) is 0. The van der Waals surface area contributed by atoms with Crippen molar-refractivity contribution in [2.24, 2.45) is 0 Å². The minimum Gasteiger partial charge on any atom is -0.380 e. The minimum atomic E-state index is 0.0938. The molecule has 0 saturated carbocycles. The first-order valence-corrected chi connectivity index (χ1v) is 8.50. The molecule has 0 aliphatic carbocycles. The molecule has 0 amide bonds. The molecular weight excluding hydrogens is 298 g/mol. The highest BCUT2D eigenvalue weighted by molar-refractivity contribution is 5.39. The Labute approximate surface area is 142 Å². The maximum absolute atomic E-state index is 5.78. The van der Waals surface area contributed by atoms with Gasteiger partial charge in [0.1, 0.15) is 5.65 Å². The third-order valence-electron chi connectivity index (χ3n) is 4.99. The Morgan fingerprint density at radius 2 is 2.00 bits per heavy atom. The van der Waals surface area contributed by atoms with Gasteiger partial charge in [-0.15, -0.1) is 0 Å². The zero-order valence-corrected chi connectivity index (χ0v) is 14.1. The van der Waals surface area contributed by atoms with E-state index in [4.69, 9.17) is 4.74 Å². The van der Waals surface area contributed by atoms with Gasteiger partial charge in [0, 0.05) is 31.3 Å². The van der Waals surface area contributed by atoms with E-state index in [1.807, 2.05) is 18.3 Å². The molecule has 4 heteroatoms. The second-order valence-electron chi connectivity index (χ2n) is 6.80. The van der Waals surface area contributed by atoms with Crippen molar-refractivity contribution >= 4 is 5.65 Å². The van der Waals surface area contributed by atoms with E-state index in [2.05, 4.69) is 63.9 Å². The SMILES string of the molecule is CN(Cc1cnc2ccccn12)CC1(c2ccccc2)CCOC1. The van der Waals surface area contributed by atoms with Crippen molar-refractivity contribution in [2.75, 3.05) is 26.8 Å². The fourth-order valence-electron chi connectivity index (χ4n) is 3.79. The molecule has 1 saturated heterocycles. The lowest BCUT2D eigenvalue weighted by Crippen LogP contribution is -2.39. The molecule has 4 rings (SSSR count). The van der Waals surface area contributed by atoms with Crippen molar-refractivity contribution in [3.8, 4) is 0 Å². The summed E-state index contributed by atoms with van der Waals surface area (Å²) in [5.74, 6) is 0. The Kier molecular flexibility index (Phi) is 4.08. The van der Waals surface area contributed by atoms with Crippen molar-refractivity contribution < 1.29 is 4.74 Å². The average Bonchev–Trinajstić information content (AvgIpc) is 3.24. The molecule has 1 atom stereocenters. The molecule has 1 aliphatic rings. The van der Waals surface area contributed by atoms with Crippen molar-refractivity contribution in [1.82, 2.24) is 14.3 Å². The summed E-state index contributed by atoms with van der Waals surface area (Å²) in [5.41, 5.74) is 3.70. The maximum atomic E-state index is 5.78. The number of likely N-dealkylation sites (N-methyl/N-ethyl adjacent to an activating group) is 1. The molecule has 1 aromatic carbocycles. The summed E-state index contributed by atoms with van der Waals surface area (Å²) >= 11 is 0. The summed E-state index contributed by atoms with van der Waals surface area (Å²) in [7, 11) is 2.19. The molecule has 24 heavy (non-hydrogen) atoms. The van der Waals surface area contributed by atoms with Gasteiger partial charge in [-0.1, -0.05) is 36.4 Å². The van der Waals surface area contributed by atoms with Crippen molar-refractivity contribution in [3.05, 3.63) is 72.2 Å². The lowest BCUT2D eigenvalue weighted by atomic mass is 9.79. The van der Waals surface area contributed by atoms with E-state index in [1.54, 1.807) is 0 Å². The minimum absolute atomic E-state index is 0.0938. The van der Waals surface area contributed by atoms with Crippen LogP contribution in [0.4, 0.5) is 0 Å². The molecular formula is C20H23N3O. The van der Waals surface area contributed by atoms with Gasteiger partial charge in [-0.05, 0) is 31.2 Å². The van der Waals surface area contributed by atoms with E-state index in [-0.39, 0.29) is 5.41 Å². The number of ether oxygens (including phenoxy) is 1. The van der Waals surface area contributed by atoms with Gasteiger partial charge in [-0.3, -0.25) is 4.90 Å². The molecule has 3 heterocycles. The monoisotopic (exact) mass is 321 g/mol. The van der Waals surface area contributed by atoms with Crippen molar-refractivity contribution in [2.45, 2.75) is 18.4 Å². The van der Waals surface area contributed by atoms with Gasteiger partial charge in [0.05, 0.1) is 18.5 Å². The number of fused-ring (bicyclic) bond motifs is 1. The highest BCUT2D eigenvalue weighted by Gasteiger charge is 2.37. The molecule has 1 fully saturated rings. The van der Waals surface area contributed by atoms with Crippen LogP contribution >= 0.6 is 0 Å². The number of hydrogen-bond acceptors (Lipinski definition) is 3. The summed E-state index contributed by atoms with van der Waals surface area (Å²) in [4.78, 5) is 6.88. The number of nitrogens with zero attached hydrogens (tertiary/aromatic N) is 3. The predicted molar refractivity (Wildman–Crippen MR) is 95.1 cm³/mol. The van der Waals surface area contributed by atoms with Crippen LogP contribution in [-0.2, 0) is 16.7 Å². The summed E-state index contributed by atoms with van der Waals surface area (Å²) < 4.78 is 7.94. The molecule has 4 nitrogen and oxygen atoms in total. The van der Waals surface area contributed by atoms with E-state index < -0.39 is 0 Å². The molecule has 0 bridgehead atoms. The highest BCUT2D eigenvalue weighted by Crippen LogP contribution is 2.34. The molecule has 1 unspecified atom stereocenters. The maximum Gasteiger partial charge on any atom is 0.136 e. The Morgan fingerprint density at radius 3 is 2.79 bits per heavy atom. The first kappa shape index (κ1) is 15.4. The molecule has 0 N–H and O–H groups in total. The summed E-state index contributed by atoms with van der Waals surface area (Å²) in [6, 6.07) is 16.9. The zero-order valence-electron chi connectivity index (χ0n) is 14.1. The third kappa shape index (κ3) is 2.83. The first-order chi connectivity index (χ1) is 11.8. The van der Waals surface area contributed by atoms with Gasteiger partial charge in [0.2, 0.25) is 0 Å². The summed E-state index contributed by atoms with van der Waals surface area (Å²) in [6.45, 7) is 3.50. The number of hydrogen-bond donors (Lipinski definition) is 0. The molecule has 1 aliphatic heterocycles. The van der Waals surface area contributed by atoms with Crippen LogP contribution in [0.5, 0.6) is 0 Å². The number of aromatic nitrogens is 2. The predicted octanol–water partition coefficient (Wildman–Crippen LogP) is 3.12. The molecule has 0 spiro atoms. The summed E-state index contributed by atoms with van der Waals surface area (Å²) in [6.07, 6.45) is 5.14. The van der Waals surface area contributed by atoms with Crippen LogP contribution in [-0.4, -0.2) is 41.1 Å². The van der Waals surface area contributed by atoms with Crippen LogP contribution in [0.1, 0.15) is 17.7 Å². The van der Waals surface area contributed by atoms with Gasteiger partial charge in [0.15, 0.2) is 0 Å². The number of rotatable bonds is 5. The standard InChI is InChI=1S/C20H23N3O/c1-22(14-18-13-21-19-9-5-6-11-23(18)19)15-20(10-12-24-16-20)17-7-3-2-4-8-17/h2-9,11,13H,10,12,14-16H2,1H3. The number of pyridine rings is 1. The second kappa shape index (κ2) is 6.38. The molecule has 124 valence electrons.